The van der Waals surface area contributed by atoms with Crippen molar-refractivity contribution in [2.75, 3.05) is 44.8 Å². The van der Waals surface area contributed by atoms with Crippen molar-refractivity contribution in [1.82, 2.24) is 10.2 Å². The van der Waals surface area contributed by atoms with Gasteiger partial charge in [-0.05, 0) is 13.3 Å². The molecule has 2 saturated heterocycles. The van der Waals surface area contributed by atoms with Gasteiger partial charge in [-0.25, -0.2) is 4.39 Å². The molecule has 0 radical (unpaired) electrons. The van der Waals surface area contributed by atoms with Crippen molar-refractivity contribution >= 4 is 23.3 Å². The summed E-state index contributed by atoms with van der Waals surface area (Å²) in [5, 5.41) is 12.3. The van der Waals surface area contributed by atoms with Crippen LogP contribution in [-0.4, -0.2) is 73.0 Å². The largest absolute Gasteiger partial charge is 0.493 e. The summed E-state index contributed by atoms with van der Waals surface area (Å²) >= 11 is 0. The van der Waals surface area contributed by atoms with Gasteiger partial charge in [0.05, 0.1) is 31.6 Å². The standard InChI is InChI=1S/C20H25F2N3O5/c1-20(16(27)9-17(28)23-20)10-12(11-26)19(29)25-5-3-24(4-6-25)13-7-14(21)18(22)15(8-13)30-2/h7-8,12,26H,3-6,9-11H2,1-2H3,(H,23,28)/t12-,20-/m1/s1. The predicted octanol–water partition coefficient (Wildman–Crippen LogP) is 0.468. The molecular formula is C20H25F2N3O5. The van der Waals surface area contributed by atoms with Crippen molar-refractivity contribution in [3.63, 3.8) is 0 Å². The van der Waals surface area contributed by atoms with E-state index in [4.69, 9.17) is 4.74 Å². The highest BCUT2D eigenvalue weighted by Crippen LogP contribution is 2.29. The Kier molecular flexibility index (Phi) is 6.25. The number of nitrogens with zero attached hydrogens (tertiary/aromatic N) is 2. The molecule has 0 bridgehead atoms. The molecule has 2 N–H and O–H groups in total. The van der Waals surface area contributed by atoms with Crippen LogP contribution in [0.1, 0.15) is 19.8 Å². The van der Waals surface area contributed by atoms with E-state index in [-0.39, 0.29) is 36.2 Å². The van der Waals surface area contributed by atoms with Gasteiger partial charge in [-0.3, -0.25) is 14.4 Å². The summed E-state index contributed by atoms with van der Waals surface area (Å²) in [5.41, 5.74) is -0.715. The summed E-state index contributed by atoms with van der Waals surface area (Å²) in [6.07, 6.45) is -0.202. The zero-order chi connectivity index (χ0) is 22.1. The fraction of sp³-hybridized carbons (Fsp3) is 0.550. The number of hydrogen-bond acceptors (Lipinski definition) is 6. The van der Waals surface area contributed by atoms with Gasteiger partial charge in [-0.1, -0.05) is 0 Å². The summed E-state index contributed by atoms with van der Waals surface area (Å²) < 4.78 is 32.3. The van der Waals surface area contributed by atoms with Crippen molar-refractivity contribution in [3.8, 4) is 5.75 Å². The second-order valence-corrected chi connectivity index (χ2v) is 7.82. The lowest BCUT2D eigenvalue weighted by Crippen LogP contribution is -2.53. The fourth-order valence-corrected chi connectivity index (χ4v) is 3.97. The molecule has 2 heterocycles. The van der Waals surface area contributed by atoms with Crippen molar-refractivity contribution < 1.29 is 33.0 Å². The summed E-state index contributed by atoms with van der Waals surface area (Å²) in [5.74, 6) is -4.08. The van der Waals surface area contributed by atoms with Crippen molar-refractivity contribution in [2.24, 2.45) is 5.92 Å². The number of carbonyl (C=O) groups is 3. The van der Waals surface area contributed by atoms with Crippen LogP contribution >= 0.6 is 0 Å². The maximum absolute atomic E-state index is 13.8. The number of piperazine rings is 1. The fourth-order valence-electron chi connectivity index (χ4n) is 3.97. The number of ether oxygens (including phenoxy) is 1. The molecule has 3 rings (SSSR count). The van der Waals surface area contributed by atoms with Crippen LogP contribution in [0, 0.1) is 17.6 Å². The van der Waals surface area contributed by atoms with Gasteiger partial charge < -0.3 is 25.0 Å². The second-order valence-electron chi connectivity index (χ2n) is 7.82. The molecule has 8 nitrogen and oxygen atoms in total. The Bertz CT molecular complexity index is 857. The number of aliphatic hydroxyl groups is 1. The Labute approximate surface area is 172 Å². The molecule has 2 aliphatic heterocycles. The van der Waals surface area contributed by atoms with E-state index in [2.05, 4.69) is 5.32 Å². The Morgan fingerprint density at radius 2 is 1.93 bits per heavy atom. The molecular weight excluding hydrogens is 400 g/mol. The number of ketones is 1. The van der Waals surface area contributed by atoms with Gasteiger partial charge in [0, 0.05) is 44.0 Å². The van der Waals surface area contributed by atoms with Gasteiger partial charge in [-0.15, -0.1) is 0 Å². The van der Waals surface area contributed by atoms with Crippen LogP contribution in [0.4, 0.5) is 14.5 Å². The topological polar surface area (TPSA) is 99.2 Å². The van der Waals surface area contributed by atoms with Crippen LogP contribution in [0.3, 0.4) is 0 Å². The molecule has 0 aromatic heterocycles. The molecule has 2 atom stereocenters. The normalized spacial score (nSPS) is 22.8. The number of anilines is 1. The van der Waals surface area contributed by atoms with E-state index in [1.807, 2.05) is 4.90 Å². The number of aliphatic hydroxyl groups excluding tert-OH is 1. The lowest BCUT2D eigenvalue weighted by molar-refractivity contribution is -0.138. The summed E-state index contributed by atoms with van der Waals surface area (Å²) in [6, 6.07) is 2.49. The minimum atomic E-state index is -1.16. The first-order valence-electron chi connectivity index (χ1n) is 9.70. The van der Waals surface area contributed by atoms with E-state index in [1.165, 1.54) is 13.2 Å². The minimum absolute atomic E-state index is 0.0213. The Morgan fingerprint density at radius 3 is 2.47 bits per heavy atom. The molecule has 1 aromatic carbocycles. The number of hydrogen-bond donors (Lipinski definition) is 2. The van der Waals surface area contributed by atoms with Crippen LogP contribution in [-0.2, 0) is 14.4 Å². The van der Waals surface area contributed by atoms with Gasteiger partial charge in [0.1, 0.15) is 0 Å². The molecule has 2 fully saturated rings. The van der Waals surface area contributed by atoms with E-state index in [9.17, 15) is 28.3 Å². The Balaban J connectivity index is 1.64. The lowest BCUT2D eigenvalue weighted by atomic mass is 9.86. The van der Waals surface area contributed by atoms with E-state index >= 15 is 0 Å². The first-order valence-corrected chi connectivity index (χ1v) is 9.70. The molecule has 164 valence electrons. The van der Waals surface area contributed by atoms with Crippen molar-refractivity contribution in [1.29, 1.82) is 0 Å². The number of nitrogens with one attached hydrogen (secondary N) is 1. The highest BCUT2D eigenvalue weighted by atomic mass is 19.2. The van der Waals surface area contributed by atoms with Crippen LogP contribution in [0.2, 0.25) is 0 Å². The zero-order valence-electron chi connectivity index (χ0n) is 16.9. The number of benzene rings is 1. The SMILES string of the molecule is COc1cc(N2CCN(C(=O)[C@@H](CO)C[C@@]3(C)NC(=O)CC3=O)CC2)cc(F)c1F. The van der Waals surface area contributed by atoms with E-state index in [0.717, 1.165) is 6.07 Å². The molecule has 0 saturated carbocycles. The monoisotopic (exact) mass is 425 g/mol. The molecule has 0 unspecified atom stereocenters. The van der Waals surface area contributed by atoms with Crippen molar-refractivity contribution in [2.45, 2.75) is 25.3 Å². The van der Waals surface area contributed by atoms with Gasteiger partial charge in [0.15, 0.2) is 17.3 Å². The highest BCUT2D eigenvalue weighted by molar-refractivity contribution is 6.10. The van der Waals surface area contributed by atoms with Crippen LogP contribution in [0.25, 0.3) is 0 Å². The third-order valence-corrected chi connectivity index (χ3v) is 5.73. The molecule has 30 heavy (non-hydrogen) atoms. The lowest BCUT2D eigenvalue weighted by Gasteiger charge is -2.38. The maximum Gasteiger partial charge on any atom is 0.228 e. The molecule has 10 heteroatoms. The maximum atomic E-state index is 13.8. The third kappa shape index (κ3) is 4.23. The Morgan fingerprint density at radius 1 is 1.27 bits per heavy atom. The first-order chi connectivity index (χ1) is 14.2. The number of amides is 2. The van der Waals surface area contributed by atoms with Gasteiger partial charge in [0.2, 0.25) is 17.6 Å². The van der Waals surface area contributed by atoms with E-state index in [0.29, 0.717) is 31.9 Å². The van der Waals surface area contributed by atoms with E-state index in [1.54, 1.807) is 11.8 Å². The second kappa shape index (κ2) is 8.55. The van der Waals surface area contributed by atoms with Gasteiger partial charge >= 0.3 is 0 Å². The summed E-state index contributed by atoms with van der Waals surface area (Å²) in [4.78, 5) is 39.9. The number of Topliss-reactive ketones (excluding diaryl/α,β-unsaturated/α-hetero) is 1. The Hall–Kier alpha value is -2.75. The van der Waals surface area contributed by atoms with Crippen LogP contribution in [0.15, 0.2) is 12.1 Å². The molecule has 2 amide bonds. The van der Waals surface area contributed by atoms with E-state index < -0.39 is 29.7 Å². The number of carbonyl (C=O) groups excluding carboxylic acids is 3. The molecule has 0 spiro atoms. The number of rotatable bonds is 6. The summed E-state index contributed by atoms with van der Waals surface area (Å²) in [6.45, 7) is 2.50. The third-order valence-electron chi connectivity index (χ3n) is 5.73. The minimum Gasteiger partial charge on any atom is -0.493 e. The molecule has 2 aliphatic rings. The quantitative estimate of drug-likeness (QED) is 0.643. The summed E-state index contributed by atoms with van der Waals surface area (Å²) in [7, 11) is 1.26. The van der Waals surface area contributed by atoms with Crippen molar-refractivity contribution in [3.05, 3.63) is 23.8 Å². The average Bonchev–Trinajstić information content (AvgIpc) is 2.99. The van der Waals surface area contributed by atoms with Gasteiger partial charge in [-0.2, -0.15) is 4.39 Å². The molecule has 0 aliphatic carbocycles. The zero-order valence-corrected chi connectivity index (χ0v) is 16.9. The molecule has 1 aromatic rings. The first kappa shape index (κ1) is 21.9. The predicted molar refractivity (Wildman–Crippen MR) is 103 cm³/mol. The smallest absolute Gasteiger partial charge is 0.228 e. The van der Waals surface area contributed by atoms with Crippen LogP contribution in [0.5, 0.6) is 5.75 Å². The van der Waals surface area contributed by atoms with Crippen LogP contribution < -0.4 is 15.0 Å². The highest BCUT2D eigenvalue weighted by Gasteiger charge is 2.45. The van der Waals surface area contributed by atoms with Gasteiger partial charge in [0.25, 0.3) is 0 Å². The number of halogens is 2. The average molecular weight is 425 g/mol. The number of methoxy groups -OCH3 is 1.